The first kappa shape index (κ1) is 12.9. The second-order valence-electron chi connectivity index (χ2n) is 4.55. The molecule has 4 heteroatoms. The molecule has 0 heterocycles. The van der Waals surface area contributed by atoms with Gasteiger partial charge in [-0.1, -0.05) is 19.3 Å². The van der Waals surface area contributed by atoms with Crippen LogP contribution in [0.5, 0.6) is 0 Å². The summed E-state index contributed by atoms with van der Waals surface area (Å²) in [6, 6.07) is 0.527. The van der Waals surface area contributed by atoms with Crippen molar-refractivity contribution >= 4 is 0 Å². The molecule has 0 spiro atoms. The van der Waals surface area contributed by atoms with E-state index in [1.54, 1.807) is 0 Å². The summed E-state index contributed by atoms with van der Waals surface area (Å²) in [5, 5.41) is 27.5. The van der Waals surface area contributed by atoms with E-state index in [9.17, 15) is 10.2 Å². The molecule has 0 saturated heterocycles. The molecule has 0 amide bonds. The Bertz CT molecular complexity index is 171. The summed E-state index contributed by atoms with van der Waals surface area (Å²) in [5.74, 6) is 0. The van der Waals surface area contributed by atoms with Crippen LogP contribution in [0, 0.1) is 0 Å². The molecule has 0 aromatic heterocycles. The zero-order valence-electron chi connectivity index (χ0n) is 9.47. The van der Waals surface area contributed by atoms with Crippen LogP contribution in [0.15, 0.2) is 0 Å². The van der Waals surface area contributed by atoms with Gasteiger partial charge in [0.05, 0.1) is 12.7 Å². The van der Waals surface area contributed by atoms with Gasteiger partial charge in [0.1, 0.15) is 6.10 Å². The first-order valence-corrected chi connectivity index (χ1v) is 5.82. The number of nitrogens with zero attached hydrogens (tertiary/aromatic N) is 1. The van der Waals surface area contributed by atoms with Crippen molar-refractivity contribution in [2.75, 3.05) is 20.2 Å². The van der Waals surface area contributed by atoms with Gasteiger partial charge in [0, 0.05) is 12.6 Å². The van der Waals surface area contributed by atoms with E-state index in [0.717, 1.165) is 0 Å². The molecule has 15 heavy (non-hydrogen) atoms. The number of hydrogen-bond donors (Lipinski definition) is 3. The average molecular weight is 217 g/mol. The monoisotopic (exact) mass is 217 g/mol. The topological polar surface area (TPSA) is 63.9 Å². The maximum atomic E-state index is 9.57. The Morgan fingerprint density at radius 1 is 1.13 bits per heavy atom. The molecule has 0 aromatic carbocycles. The number of likely N-dealkylation sites (N-methyl/N-ethyl adjacent to an activating group) is 1. The highest BCUT2D eigenvalue weighted by Crippen LogP contribution is 2.21. The van der Waals surface area contributed by atoms with Crippen LogP contribution in [-0.2, 0) is 0 Å². The molecule has 1 aliphatic rings. The lowest BCUT2D eigenvalue weighted by atomic mass is 9.94. The van der Waals surface area contributed by atoms with E-state index in [4.69, 9.17) is 5.11 Å². The van der Waals surface area contributed by atoms with Gasteiger partial charge in [0.25, 0.3) is 0 Å². The zero-order chi connectivity index (χ0) is 11.3. The Hall–Kier alpha value is -0.160. The summed E-state index contributed by atoms with van der Waals surface area (Å²) in [6.07, 6.45) is 4.32. The third-order valence-corrected chi connectivity index (χ3v) is 3.30. The molecule has 2 unspecified atom stereocenters. The minimum Gasteiger partial charge on any atom is -0.394 e. The third kappa shape index (κ3) is 4.07. The van der Waals surface area contributed by atoms with Gasteiger partial charge in [-0.15, -0.1) is 0 Å². The summed E-state index contributed by atoms with van der Waals surface area (Å²) in [5.41, 5.74) is 0. The molecule has 1 saturated carbocycles. The molecular weight excluding hydrogens is 194 g/mol. The van der Waals surface area contributed by atoms with E-state index in [0.29, 0.717) is 12.6 Å². The maximum absolute atomic E-state index is 9.57. The summed E-state index contributed by atoms with van der Waals surface area (Å²) in [4.78, 5) is 2.10. The largest absolute Gasteiger partial charge is 0.394 e. The van der Waals surface area contributed by atoms with Gasteiger partial charge in [0.15, 0.2) is 0 Å². The van der Waals surface area contributed by atoms with E-state index in [1.165, 1.54) is 32.1 Å². The fourth-order valence-corrected chi connectivity index (χ4v) is 2.21. The van der Waals surface area contributed by atoms with E-state index >= 15 is 0 Å². The van der Waals surface area contributed by atoms with Crippen LogP contribution in [0.4, 0.5) is 0 Å². The summed E-state index contributed by atoms with van der Waals surface area (Å²) in [7, 11) is 1.98. The van der Waals surface area contributed by atoms with Crippen LogP contribution in [0.3, 0.4) is 0 Å². The van der Waals surface area contributed by atoms with E-state index in [-0.39, 0.29) is 6.61 Å². The van der Waals surface area contributed by atoms with Crippen LogP contribution in [-0.4, -0.2) is 58.7 Å². The molecular formula is C11H23NO3. The second kappa shape index (κ2) is 6.43. The first-order valence-electron chi connectivity index (χ1n) is 5.82. The predicted molar refractivity (Wildman–Crippen MR) is 58.6 cm³/mol. The number of aliphatic hydroxyl groups is 3. The molecule has 0 aliphatic heterocycles. The zero-order valence-corrected chi connectivity index (χ0v) is 9.47. The lowest BCUT2D eigenvalue weighted by Crippen LogP contribution is -2.43. The molecule has 2 atom stereocenters. The number of rotatable bonds is 5. The minimum atomic E-state index is -1.02. The molecule has 0 radical (unpaired) electrons. The molecule has 1 rings (SSSR count). The van der Waals surface area contributed by atoms with Gasteiger partial charge >= 0.3 is 0 Å². The Morgan fingerprint density at radius 2 is 1.73 bits per heavy atom. The van der Waals surface area contributed by atoms with Crippen molar-refractivity contribution < 1.29 is 15.3 Å². The normalized spacial score (nSPS) is 23.0. The highest BCUT2D eigenvalue weighted by Gasteiger charge is 2.23. The van der Waals surface area contributed by atoms with Crippen LogP contribution >= 0.6 is 0 Å². The summed E-state index contributed by atoms with van der Waals surface area (Å²) in [6.45, 7) is 0.0616. The summed E-state index contributed by atoms with van der Waals surface area (Å²) < 4.78 is 0. The smallest absolute Gasteiger partial charge is 0.104 e. The Labute approximate surface area is 91.5 Å². The Balaban J connectivity index is 2.29. The maximum Gasteiger partial charge on any atom is 0.104 e. The van der Waals surface area contributed by atoms with Crippen LogP contribution in [0.25, 0.3) is 0 Å². The van der Waals surface area contributed by atoms with Crippen molar-refractivity contribution in [3.8, 4) is 0 Å². The predicted octanol–water partition coefficient (Wildman–Crippen LogP) is -0.0350. The van der Waals surface area contributed by atoms with Gasteiger partial charge in [-0.3, -0.25) is 0 Å². The van der Waals surface area contributed by atoms with Crippen molar-refractivity contribution in [3.05, 3.63) is 0 Å². The van der Waals surface area contributed by atoms with Gasteiger partial charge in [-0.05, 0) is 19.9 Å². The van der Waals surface area contributed by atoms with Crippen molar-refractivity contribution in [3.63, 3.8) is 0 Å². The number of hydrogen-bond acceptors (Lipinski definition) is 4. The molecule has 90 valence electrons. The lowest BCUT2D eigenvalue weighted by Gasteiger charge is -2.33. The standard InChI is InChI=1S/C11H23NO3/c1-12(7-10(14)11(15)8-13)9-5-3-2-4-6-9/h9-11,13-15H,2-8H2,1H3. The van der Waals surface area contributed by atoms with E-state index in [1.807, 2.05) is 7.05 Å². The molecule has 0 bridgehead atoms. The van der Waals surface area contributed by atoms with Gasteiger partial charge in [0.2, 0.25) is 0 Å². The van der Waals surface area contributed by atoms with E-state index < -0.39 is 12.2 Å². The Morgan fingerprint density at radius 3 is 2.27 bits per heavy atom. The van der Waals surface area contributed by atoms with Crippen molar-refractivity contribution in [1.29, 1.82) is 0 Å². The van der Waals surface area contributed by atoms with Crippen molar-refractivity contribution in [2.45, 2.75) is 50.4 Å². The molecule has 0 aromatic rings. The minimum absolute atomic E-state index is 0.375. The van der Waals surface area contributed by atoms with Crippen molar-refractivity contribution in [2.24, 2.45) is 0 Å². The van der Waals surface area contributed by atoms with Gasteiger partial charge in [-0.2, -0.15) is 0 Å². The number of aliphatic hydroxyl groups excluding tert-OH is 3. The average Bonchev–Trinajstić information content (AvgIpc) is 2.29. The quantitative estimate of drug-likeness (QED) is 0.605. The van der Waals surface area contributed by atoms with Crippen LogP contribution in [0.1, 0.15) is 32.1 Å². The van der Waals surface area contributed by atoms with Gasteiger partial charge in [-0.25, -0.2) is 0 Å². The fourth-order valence-electron chi connectivity index (χ4n) is 2.21. The lowest BCUT2D eigenvalue weighted by molar-refractivity contribution is -0.0329. The summed E-state index contributed by atoms with van der Waals surface area (Å²) >= 11 is 0. The first-order chi connectivity index (χ1) is 7.15. The molecule has 1 fully saturated rings. The highest BCUT2D eigenvalue weighted by atomic mass is 16.4. The van der Waals surface area contributed by atoms with Crippen LogP contribution in [0.2, 0.25) is 0 Å². The molecule has 4 nitrogen and oxygen atoms in total. The van der Waals surface area contributed by atoms with Gasteiger partial charge < -0.3 is 20.2 Å². The fraction of sp³-hybridized carbons (Fsp3) is 1.00. The van der Waals surface area contributed by atoms with Crippen LogP contribution < -0.4 is 0 Å². The van der Waals surface area contributed by atoms with E-state index in [2.05, 4.69) is 4.90 Å². The molecule has 1 aliphatic carbocycles. The molecule has 3 N–H and O–H groups in total. The SMILES string of the molecule is CN(CC(O)C(O)CO)C1CCCCC1. The van der Waals surface area contributed by atoms with Crippen molar-refractivity contribution in [1.82, 2.24) is 4.90 Å². The Kier molecular flexibility index (Phi) is 5.53. The highest BCUT2D eigenvalue weighted by molar-refractivity contribution is 4.77. The third-order valence-electron chi connectivity index (χ3n) is 3.30. The second-order valence-corrected chi connectivity index (χ2v) is 4.55.